The molecule has 0 spiro atoms. The smallest absolute Gasteiger partial charge is 0.322 e. The molecular weight excluding hydrogens is 252 g/mol. The second-order valence-corrected chi connectivity index (χ2v) is 3.97. The summed E-state index contributed by atoms with van der Waals surface area (Å²) in [6.45, 7) is 1.81. The van der Waals surface area contributed by atoms with E-state index in [-0.39, 0.29) is 5.69 Å². The fourth-order valence-corrected chi connectivity index (χ4v) is 1.45. The van der Waals surface area contributed by atoms with E-state index in [9.17, 15) is 9.59 Å². The number of carboxylic acids is 1. The average molecular weight is 264 g/mol. The minimum Gasteiger partial charge on any atom is -0.480 e. The van der Waals surface area contributed by atoms with E-state index >= 15 is 0 Å². The van der Waals surface area contributed by atoms with Crippen LogP contribution in [0.2, 0.25) is 0 Å². The van der Waals surface area contributed by atoms with E-state index in [1.165, 1.54) is 6.07 Å². The number of carbonyl (C=O) groups is 2. The molecule has 0 aliphatic rings. The molecule has 0 saturated heterocycles. The predicted octanol–water partition coefficient (Wildman–Crippen LogP) is 0.0422. The van der Waals surface area contributed by atoms with Crippen LogP contribution in [0.15, 0.2) is 23.0 Å². The molecule has 0 aliphatic carbocycles. The van der Waals surface area contributed by atoms with Crippen molar-refractivity contribution in [1.82, 2.24) is 20.3 Å². The Kier molecular flexibility index (Phi) is 3.60. The molecule has 8 heteroatoms. The molecule has 0 radical (unpaired) electrons. The first-order valence-electron chi connectivity index (χ1n) is 5.49. The van der Waals surface area contributed by atoms with Gasteiger partial charge in [-0.2, -0.15) is 5.10 Å². The largest absolute Gasteiger partial charge is 0.480 e. The molecule has 0 aliphatic heterocycles. The lowest BCUT2D eigenvalue weighted by Gasteiger charge is -1.96. The van der Waals surface area contributed by atoms with E-state index in [0.717, 1.165) is 5.56 Å². The molecule has 8 nitrogen and oxygen atoms in total. The van der Waals surface area contributed by atoms with Gasteiger partial charge in [0, 0.05) is 12.3 Å². The van der Waals surface area contributed by atoms with Crippen LogP contribution in [0.4, 0.5) is 0 Å². The lowest BCUT2D eigenvalue weighted by Crippen LogP contribution is -2.29. The maximum absolute atomic E-state index is 11.5. The molecular formula is C11H12N4O4. The van der Waals surface area contributed by atoms with Gasteiger partial charge >= 0.3 is 5.97 Å². The van der Waals surface area contributed by atoms with Gasteiger partial charge in [-0.1, -0.05) is 5.16 Å². The van der Waals surface area contributed by atoms with Crippen molar-refractivity contribution in [3.8, 4) is 0 Å². The molecule has 2 N–H and O–H groups in total. The fourth-order valence-electron chi connectivity index (χ4n) is 1.45. The van der Waals surface area contributed by atoms with Gasteiger partial charge in [0.2, 0.25) is 0 Å². The van der Waals surface area contributed by atoms with E-state index in [1.807, 2.05) is 13.1 Å². The van der Waals surface area contributed by atoms with Crippen molar-refractivity contribution in [2.75, 3.05) is 6.54 Å². The molecule has 100 valence electrons. The van der Waals surface area contributed by atoms with E-state index in [0.29, 0.717) is 12.3 Å². The molecule has 1 amide bonds. The Labute approximate surface area is 108 Å². The average Bonchev–Trinajstić information content (AvgIpc) is 2.96. The van der Waals surface area contributed by atoms with Gasteiger partial charge in [0.15, 0.2) is 11.5 Å². The van der Waals surface area contributed by atoms with Crippen LogP contribution in [-0.2, 0) is 11.3 Å². The summed E-state index contributed by atoms with van der Waals surface area (Å²) in [5.41, 5.74) is 1.05. The van der Waals surface area contributed by atoms with Crippen LogP contribution >= 0.6 is 0 Å². The standard InChI is InChI=1S/C11H12N4O4/c1-7-3-13-15(5-7)6-8-2-9(14-19-8)11(18)12-4-10(16)17/h2-3,5H,4,6H2,1H3,(H,12,18)(H,16,17). The summed E-state index contributed by atoms with van der Waals surface area (Å²) in [5.74, 6) is -1.25. The number of aryl methyl sites for hydroxylation is 1. The Bertz CT molecular complexity index is 601. The molecule has 0 aromatic carbocycles. The third kappa shape index (κ3) is 3.41. The number of carboxylic acid groups (broad SMARTS) is 1. The second-order valence-electron chi connectivity index (χ2n) is 3.97. The van der Waals surface area contributed by atoms with E-state index in [1.54, 1.807) is 10.9 Å². The fraction of sp³-hybridized carbons (Fsp3) is 0.273. The number of amides is 1. The van der Waals surface area contributed by atoms with Crippen molar-refractivity contribution in [1.29, 1.82) is 0 Å². The Morgan fingerprint density at radius 2 is 2.32 bits per heavy atom. The SMILES string of the molecule is Cc1cnn(Cc2cc(C(=O)NCC(=O)O)no2)c1. The topological polar surface area (TPSA) is 110 Å². The Morgan fingerprint density at radius 3 is 2.95 bits per heavy atom. The summed E-state index contributed by atoms with van der Waals surface area (Å²) >= 11 is 0. The summed E-state index contributed by atoms with van der Waals surface area (Å²) < 4.78 is 6.63. The van der Waals surface area contributed by atoms with Crippen LogP contribution in [0, 0.1) is 6.92 Å². The van der Waals surface area contributed by atoms with Crippen molar-refractivity contribution < 1.29 is 19.2 Å². The number of nitrogens with one attached hydrogen (secondary N) is 1. The van der Waals surface area contributed by atoms with Crippen LogP contribution < -0.4 is 5.32 Å². The molecule has 0 atom stereocenters. The second kappa shape index (κ2) is 5.34. The van der Waals surface area contributed by atoms with Gasteiger partial charge < -0.3 is 14.9 Å². The number of aliphatic carboxylic acids is 1. The van der Waals surface area contributed by atoms with Gasteiger partial charge in [-0.3, -0.25) is 14.3 Å². The summed E-state index contributed by atoms with van der Waals surface area (Å²) in [6.07, 6.45) is 3.53. The molecule has 0 saturated carbocycles. The van der Waals surface area contributed by atoms with E-state index < -0.39 is 18.4 Å². The summed E-state index contributed by atoms with van der Waals surface area (Å²) in [4.78, 5) is 21.8. The predicted molar refractivity (Wildman–Crippen MR) is 62.5 cm³/mol. The Hall–Kier alpha value is -2.64. The number of rotatable bonds is 5. The van der Waals surface area contributed by atoms with Crippen molar-refractivity contribution in [2.24, 2.45) is 0 Å². The van der Waals surface area contributed by atoms with Crippen LogP contribution in [0.5, 0.6) is 0 Å². The quantitative estimate of drug-likeness (QED) is 0.789. The van der Waals surface area contributed by atoms with Crippen LogP contribution in [0.3, 0.4) is 0 Å². The van der Waals surface area contributed by atoms with Crippen LogP contribution in [-0.4, -0.2) is 38.5 Å². The normalized spacial score (nSPS) is 10.4. The highest BCUT2D eigenvalue weighted by molar-refractivity contribution is 5.93. The van der Waals surface area contributed by atoms with Crippen molar-refractivity contribution in [3.63, 3.8) is 0 Å². The van der Waals surface area contributed by atoms with Crippen molar-refractivity contribution in [3.05, 3.63) is 35.5 Å². The third-order valence-electron chi connectivity index (χ3n) is 2.27. The highest BCUT2D eigenvalue weighted by Crippen LogP contribution is 2.06. The Morgan fingerprint density at radius 1 is 1.53 bits per heavy atom. The molecule has 0 bridgehead atoms. The lowest BCUT2D eigenvalue weighted by atomic mass is 10.3. The zero-order valence-corrected chi connectivity index (χ0v) is 10.2. The molecule has 0 unspecified atom stereocenters. The number of hydrogen-bond acceptors (Lipinski definition) is 5. The van der Waals surface area contributed by atoms with Gasteiger partial charge in [0.05, 0.1) is 6.20 Å². The van der Waals surface area contributed by atoms with E-state index in [2.05, 4.69) is 15.6 Å². The zero-order valence-electron chi connectivity index (χ0n) is 10.2. The van der Waals surface area contributed by atoms with Crippen molar-refractivity contribution in [2.45, 2.75) is 13.5 Å². The molecule has 2 rings (SSSR count). The monoisotopic (exact) mass is 264 g/mol. The van der Waals surface area contributed by atoms with Gasteiger partial charge in [-0.05, 0) is 12.5 Å². The van der Waals surface area contributed by atoms with Crippen LogP contribution in [0.1, 0.15) is 21.8 Å². The first kappa shape index (κ1) is 12.8. The minimum atomic E-state index is -1.12. The number of carbonyl (C=O) groups excluding carboxylic acids is 1. The van der Waals surface area contributed by atoms with Gasteiger partial charge in [0.25, 0.3) is 5.91 Å². The molecule has 2 heterocycles. The number of aromatic nitrogens is 3. The minimum absolute atomic E-state index is 0.0418. The van der Waals surface area contributed by atoms with Gasteiger partial charge in [-0.15, -0.1) is 0 Å². The molecule has 0 fully saturated rings. The highest BCUT2D eigenvalue weighted by Gasteiger charge is 2.13. The van der Waals surface area contributed by atoms with Gasteiger partial charge in [-0.25, -0.2) is 0 Å². The first-order chi connectivity index (χ1) is 9.04. The molecule has 2 aromatic heterocycles. The van der Waals surface area contributed by atoms with Crippen LogP contribution in [0.25, 0.3) is 0 Å². The molecule has 2 aromatic rings. The van der Waals surface area contributed by atoms with Crippen molar-refractivity contribution >= 4 is 11.9 Å². The number of hydrogen-bond donors (Lipinski definition) is 2. The number of nitrogens with zero attached hydrogens (tertiary/aromatic N) is 3. The molecule has 19 heavy (non-hydrogen) atoms. The first-order valence-corrected chi connectivity index (χ1v) is 5.49. The maximum Gasteiger partial charge on any atom is 0.322 e. The summed E-state index contributed by atoms with van der Waals surface area (Å²) in [5, 5.41) is 18.3. The van der Waals surface area contributed by atoms with Gasteiger partial charge in [0.1, 0.15) is 13.1 Å². The zero-order chi connectivity index (χ0) is 13.8. The maximum atomic E-state index is 11.5. The van der Waals surface area contributed by atoms with E-state index in [4.69, 9.17) is 9.63 Å². The Balaban J connectivity index is 1.98. The summed E-state index contributed by atoms with van der Waals surface area (Å²) in [7, 11) is 0. The third-order valence-corrected chi connectivity index (χ3v) is 2.27. The summed E-state index contributed by atoms with van der Waals surface area (Å²) in [6, 6.07) is 1.45. The highest BCUT2D eigenvalue weighted by atomic mass is 16.5. The lowest BCUT2D eigenvalue weighted by molar-refractivity contribution is -0.135.